The maximum atomic E-state index is 11.1. The number of nitrogens with two attached hydrogens (primary N) is 2. The number of anilines is 1. The van der Waals surface area contributed by atoms with E-state index in [9.17, 15) is 4.79 Å². The molecule has 0 aliphatic heterocycles. The first-order valence-electron chi connectivity index (χ1n) is 5.94. The van der Waals surface area contributed by atoms with Crippen LogP contribution in [0.5, 0.6) is 11.6 Å². The molecule has 1 amide bonds. The Morgan fingerprint density at radius 1 is 1.26 bits per heavy atom. The van der Waals surface area contributed by atoms with Crippen molar-refractivity contribution < 1.29 is 9.53 Å². The minimum Gasteiger partial charge on any atom is -0.437 e. The average molecular weight is 257 g/mol. The van der Waals surface area contributed by atoms with Gasteiger partial charge in [-0.3, -0.25) is 4.79 Å². The monoisotopic (exact) mass is 257 g/mol. The van der Waals surface area contributed by atoms with Crippen LogP contribution in [0.25, 0.3) is 0 Å². The first kappa shape index (κ1) is 12.9. The minimum absolute atomic E-state index is 0.123. The van der Waals surface area contributed by atoms with Crippen LogP contribution in [0, 0.1) is 0 Å². The van der Waals surface area contributed by atoms with Crippen LogP contribution < -0.4 is 16.2 Å². The second kappa shape index (κ2) is 5.39. The fourth-order valence-corrected chi connectivity index (χ4v) is 1.67. The van der Waals surface area contributed by atoms with E-state index in [-0.39, 0.29) is 11.6 Å². The Hall–Kier alpha value is -2.56. The summed E-state index contributed by atoms with van der Waals surface area (Å²) < 4.78 is 5.68. The van der Waals surface area contributed by atoms with Gasteiger partial charge in [0.1, 0.15) is 11.4 Å². The number of nitrogens with zero attached hydrogens (tertiary/aromatic N) is 1. The third-order valence-electron chi connectivity index (χ3n) is 2.70. The van der Waals surface area contributed by atoms with E-state index in [0.29, 0.717) is 11.4 Å². The topological polar surface area (TPSA) is 91.2 Å². The van der Waals surface area contributed by atoms with Gasteiger partial charge in [0.25, 0.3) is 5.91 Å². The van der Waals surface area contributed by atoms with Crippen molar-refractivity contribution in [1.82, 2.24) is 4.98 Å². The van der Waals surface area contributed by atoms with Crippen LogP contribution in [-0.2, 0) is 6.42 Å². The largest absolute Gasteiger partial charge is 0.437 e. The van der Waals surface area contributed by atoms with Gasteiger partial charge in [-0.05, 0) is 30.2 Å². The number of benzene rings is 1. The summed E-state index contributed by atoms with van der Waals surface area (Å²) in [6, 6.07) is 10.6. The lowest BCUT2D eigenvalue weighted by molar-refractivity contribution is 0.0995. The molecule has 1 aromatic carbocycles. The van der Waals surface area contributed by atoms with Crippen molar-refractivity contribution in [3.63, 3.8) is 0 Å². The van der Waals surface area contributed by atoms with Crippen molar-refractivity contribution in [3.05, 3.63) is 47.7 Å². The van der Waals surface area contributed by atoms with Gasteiger partial charge in [0.2, 0.25) is 5.88 Å². The summed E-state index contributed by atoms with van der Waals surface area (Å²) in [5.74, 6) is 0.247. The number of ether oxygens (including phenoxy) is 1. The van der Waals surface area contributed by atoms with Gasteiger partial charge < -0.3 is 16.2 Å². The zero-order valence-corrected chi connectivity index (χ0v) is 10.6. The molecule has 2 rings (SSSR count). The molecule has 4 N–H and O–H groups in total. The molecule has 1 heterocycles. The SMILES string of the molecule is CCc1ccccc1Oc1nc(C(N)=O)ccc1N. The van der Waals surface area contributed by atoms with Gasteiger partial charge in [-0.15, -0.1) is 0 Å². The first-order chi connectivity index (χ1) is 9.11. The van der Waals surface area contributed by atoms with Gasteiger partial charge in [-0.2, -0.15) is 0 Å². The Kier molecular flexibility index (Phi) is 3.66. The molecule has 0 aliphatic rings. The molecule has 2 aromatic rings. The molecule has 5 nitrogen and oxygen atoms in total. The predicted octanol–water partition coefficient (Wildman–Crippen LogP) is 2.12. The van der Waals surface area contributed by atoms with E-state index in [1.54, 1.807) is 6.07 Å². The number of hydrogen-bond donors (Lipinski definition) is 2. The highest BCUT2D eigenvalue weighted by Crippen LogP contribution is 2.28. The molecule has 0 unspecified atom stereocenters. The Balaban J connectivity index is 2.37. The summed E-state index contributed by atoms with van der Waals surface area (Å²) in [4.78, 5) is 15.1. The number of nitrogen functional groups attached to an aromatic ring is 1. The van der Waals surface area contributed by atoms with Gasteiger partial charge in [0, 0.05) is 0 Å². The van der Waals surface area contributed by atoms with Crippen LogP contribution in [0.4, 0.5) is 5.69 Å². The van der Waals surface area contributed by atoms with Gasteiger partial charge in [0.05, 0.1) is 5.69 Å². The summed E-state index contributed by atoms with van der Waals surface area (Å²) in [7, 11) is 0. The van der Waals surface area contributed by atoms with E-state index in [2.05, 4.69) is 4.98 Å². The van der Waals surface area contributed by atoms with Crippen molar-refractivity contribution >= 4 is 11.6 Å². The summed E-state index contributed by atoms with van der Waals surface area (Å²) in [6.45, 7) is 2.03. The number of pyridine rings is 1. The highest BCUT2D eigenvalue weighted by atomic mass is 16.5. The van der Waals surface area contributed by atoms with Crippen LogP contribution in [0.15, 0.2) is 36.4 Å². The maximum absolute atomic E-state index is 11.1. The number of carbonyl (C=O) groups is 1. The number of aromatic nitrogens is 1. The quantitative estimate of drug-likeness (QED) is 0.877. The molecule has 98 valence electrons. The molecule has 0 radical (unpaired) electrons. The smallest absolute Gasteiger partial charge is 0.267 e. The fourth-order valence-electron chi connectivity index (χ4n) is 1.67. The lowest BCUT2D eigenvalue weighted by Crippen LogP contribution is -2.13. The zero-order valence-electron chi connectivity index (χ0n) is 10.6. The van der Waals surface area contributed by atoms with Crippen LogP contribution in [-0.4, -0.2) is 10.9 Å². The molecule has 0 aliphatic carbocycles. The highest BCUT2D eigenvalue weighted by Gasteiger charge is 2.10. The Morgan fingerprint density at radius 2 is 2.00 bits per heavy atom. The standard InChI is InChI=1S/C14H15N3O2/c1-2-9-5-3-4-6-12(9)19-14-10(15)7-8-11(17-14)13(16)18/h3-8H,2,15H2,1H3,(H2,16,18). The van der Waals surface area contributed by atoms with Gasteiger partial charge in [0.15, 0.2) is 0 Å². The van der Waals surface area contributed by atoms with Crippen molar-refractivity contribution in [2.75, 3.05) is 5.73 Å². The summed E-state index contributed by atoms with van der Waals surface area (Å²) in [5.41, 5.74) is 12.5. The molecular formula is C14H15N3O2. The molecule has 1 aromatic heterocycles. The highest BCUT2D eigenvalue weighted by molar-refractivity contribution is 5.91. The van der Waals surface area contributed by atoms with E-state index >= 15 is 0 Å². The molecule has 0 fully saturated rings. The van der Waals surface area contributed by atoms with Crippen LogP contribution in [0.2, 0.25) is 0 Å². The normalized spacial score (nSPS) is 10.2. The predicted molar refractivity (Wildman–Crippen MR) is 73.1 cm³/mol. The summed E-state index contributed by atoms with van der Waals surface area (Å²) >= 11 is 0. The first-order valence-corrected chi connectivity index (χ1v) is 5.94. The average Bonchev–Trinajstić information content (AvgIpc) is 2.41. The maximum Gasteiger partial charge on any atom is 0.267 e. The number of amides is 1. The fraction of sp³-hybridized carbons (Fsp3) is 0.143. The molecule has 0 atom stereocenters. The molecular weight excluding hydrogens is 242 g/mol. The number of hydrogen-bond acceptors (Lipinski definition) is 4. The Labute approximate surface area is 111 Å². The molecule has 5 heteroatoms. The van der Waals surface area contributed by atoms with Crippen LogP contribution in [0.3, 0.4) is 0 Å². The zero-order chi connectivity index (χ0) is 13.8. The van der Waals surface area contributed by atoms with Crippen LogP contribution >= 0.6 is 0 Å². The molecule has 19 heavy (non-hydrogen) atoms. The van der Waals surface area contributed by atoms with Crippen molar-refractivity contribution in [1.29, 1.82) is 0 Å². The second-order valence-corrected chi connectivity index (χ2v) is 4.02. The Bertz CT molecular complexity index is 611. The summed E-state index contributed by atoms with van der Waals surface area (Å²) in [5, 5.41) is 0. The number of carbonyl (C=O) groups excluding carboxylic acids is 1. The van der Waals surface area contributed by atoms with E-state index < -0.39 is 5.91 Å². The number of rotatable bonds is 4. The molecule has 0 saturated heterocycles. The van der Waals surface area contributed by atoms with Crippen molar-refractivity contribution in [2.24, 2.45) is 5.73 Å². The number of primary amides is 1. The van der Waals surface area contributed by atoms with E-state index in [4.69, 9.17) is 16.2 Å². The van der Waals surface area contributed by atoms with Crippen molar-refractivity contribution in [3.8, 4) is 11.6 Å². The van der Waals surface area contributed by atoms with E-state index in [1.165, 1.54) is 6.07 Å². The van der Waals surface area contributed by atoms with Crippen LogP contribution in [0.1, 0.15) is 23.0 Å². The van der Waals surface area contributed by atoms with Gasteiger partial charge in [-0.25, -0.2) is 4.98 Å². The number of para-hydroxylation sites is 1. The van der Waals surface area contributed by atoms with E-state index in [0.717, 1.165) is 12.0 Å². The lowest BCUT2D eigenvalue weighted by atomic mass is 10.1. The van der Waals surface area contributed by atoms with E-state index in [1.807, 2.05) is 31.2 Å². The van der Waals surface area contributed by atoms with Gasteiger partial charge >= 0.3 is 0 Å². The minimum atomic E-state index is -0.617. The molecule has 0 bridgehead atoms. The Morgan fingerprint density at radius 3 is 2.68 bits per heavy atom. The number of aryl methyl sites for hydroxylation is 1. The van der Waals surface area contributed by atoms with Crippen molar-refractivity contribution in [2.45, 2.75) is 13.3 Å². The molecule has 0 spiro atoms. The molecule has 0 saturated carbocycles. The van der Waals surface area contributed by atoms with Gasteiger partial charge in [-0.1, -0.05) is 25.1 Å². The lowest BCUT2D eigenvalue weighted by Gasteiger charge is -2.11. The third-order valence-corrected chi connectivity index (χ3v) is 2.70. The second-order valence-electron chi connectivity index (χ2n) is 4.02. The summed E-state index contributed by atoms with van der Waals surface area (Å²) in [6.07, 6.45) is 0.825. The third kappa shape index (κ3) is 2.82.